The fraction of sp³-hybridized carbons (Fsp3) is 0.389. The molecular weight excluding hydrogens is 426 g/mol. The molecule has 0 amide bonds. The first-order valence-corrected chi connectivity index (χ1v) is 12.0. The Bertz CT molecular complexity index is 1100. The van der Waals surface area contributed by atoms with Crippen LogP contribution in [-0.4, -0.2) is 61.4 Å². The highest BCUT2D eigenvalue weighted by atomic mass is 32.2. The van der Waals surface area contributed by atoms with Crippen molar-refractivity contribution in [3.63, 3.8) is 0 Å². The fourth-order valence-electron chi connectivity index (χ4n) is 3.22. The number of rotatable bonds is 6. The maximum Gasteiger partial charge on any atom is 0.215 e. The number of hydrogen-bond donors (Lipinski definition) is 0. The lowest BCUT2D eigenvalue weighted by molar-refractivity contribution is 0.0330. The number of nitrogens with zero attached hydrogens (tertiary/aromatic N) is 7. The van der Waals surface area contributed by atoms with Crippen molar-refractivity contribution in [1.29, 1.82) is 0 Å². The number of ether oxygens (including phenoxy) is 1. The minimum absolute atomic E-state index is 0.714. The van der Waals surface area contributed by atoms with Gasteiger partial charge in [0.2, 0.25) is 5.16 Å². The molecule has 4 aromatic rings. The van der Waals surface area contributed by atoms with Crippen LogP contribution in [0.15, 0.2) is 33.1 Å². The topological polar surface area (TPSA) is 81.9 Å². The highest BCUT2D eigenvalue weighted by molar-refractivity contribution is 7.99. The summed E-state index contributed by atoms with van der Waals surface area (Å²) in [6, 6.07) is 4.21. The average molecular weight is 446 g/mol. The van der Waals surface area contributed by atoms with Crippen LogP contribution in [0.1, 0.15) is 12.7 Å². The number of tetrazole rings is 1. The Morgan fingerprint density at radius 2 is 2.10 bits per heavy atom. The first kappa shape index (κ1) is 19.1. The monoisotopic (exact) mass is 445 g/mol. The quantitative estimate of drug-likeness (QED) is 0.418. The van der Waals surface area contributed by atoms with E-state index in [0.29, 0.717) is 6.54 Å². The smallest absolute Gasteiger partial charge is 0.215 e. The van der Waals surface area contributed by atoms with Crippen molar-refractivity contribution >= 4 is 44.7 Å². The van der Waals surface area contributed by atoms with Gasteiger partial charge in [-0.1, -0.05) is 6.07 Å². The van der Waals surface area contributed by atoms with Crippen molar-refractivity contribution in [2.75, 3.05) is 26.3 Å². The number of thiophene rings is 2. The zero-order valence-electron chi connectivity index (χ0n) is 15.8. The molecule has 0 aliphatic carbocycles. The van der Waals surface area contributed by atoms with Gasteiger partial charge in [0.05, 0.1) is 25.1 Å². The molecule has 1 aliphatic rings. The van der Waals surface area contributed by atoms with Crippen LogP contribution in [0, 0.1) is 0 Å². The van der Waals surface area contributed by atoms with E-state index in [0.717, 1.165) is 59.1 Å². The average Bonchev–Trinajstić information content (AvgIpc) is 3.49. The molecule has 0 aromatic carbocycles. The van der Waals surface area contributed by atoms with Crippen LogP contribution in [-0.2, 0) is 17.8 Å². The molecule has 1 aliphatic heterocycles. The van der Waals surface area contributed by atoms with Crippen LogP contribution < -0.4 is 0 Å². The van der Waals surface area contributed by atoms with Crippen LogP contribution in [0.2, 0.25) is 0 Å². The molecular formula is C18H19N7OS3. The molecule has 0 saturated carbocycles. The predicted molar refractivity (Wildman–Crippen MR) is 114 cm³/mol. The Morgan fingerprint density at radius 3 is 2.90 bits per heavy atom. The number of fused-ring (bicyclic) bond motifs is 1. The Balaban J connectivity index is 1.58. The maximum absolute atomic E-state index is 5.46. The van der Waals surface area contributed by atoms with Crippen LogP contribution in [0.3, 0.4) is 0 Å². The van der Waals surface area contributed by atoms with E-state index < -0.39 is 0 Å². The summed E-state index contributed by atoms with van der Waals surface area (Å²) < 4.78 is 7.25. The van der Waals surface area contributed by atoms with Gasteiger partial charge in [-0.2, -0.15) is 0 Å². The van der Waals surface area contributed by atoms with Gasteiger partial charge >= 0.3 is 0 Å². The van der Waals surface area contributed by atoms with Crippen molar-refractivity contribution in [2.45, 2.75) is 30.2 Å². The third-order valence-electron chi connectivity index (χ3n) is 4.69. The first-order valence-electron chi connectivity index (χ1n) is 9.38. The van der Waals surface area contributed by atoms with Crippen LogP contribution >= 0.6 is 34.4 Å². The summed E-state index contributed by atoms with van der Waals surface area (Å²) in [7, 11) is 0. The lowest BCUT2D eigenvalue weighted by atomic mass is 10.2. The summed E-state index contributed by atoms with van der Waals surface area (Å²) in [6.07, 6.45) is 0. The summed E-state index contributed by atoms with van der Waals surface area (Å²) in [5.41, 5.74) is 1.18. The summed E-state index contributed by atoms with van der Waals surface area (Å²) >= 11 is 4.90. The van der Waals surface area contributed by atoms with E-state index in [2.05, 4.69) is 43.3 Å². The van der Waals surface area contributed by atoms with E-state index >= 15 is 0 Å². The van der Waals surface area contributed by atoms with Gasteiger partial charge in [-0.15, -0.1) is 27.8 Å². The van der Waals surface area contributed by atoms with Crippen molar-refractivity contribution < 1.29 is 4.74 Å². The molecule has 29 heavy (non-hydrogen) atoms. The lowest BCUT2D eigenvalue weighted by Crippen LogP contribution is -2.36. The van der Waals surface area contributed by atoms with Crippen molar-refractivity contribution in [3.05, 3.63) is 28.7 Å². The molecule has 0 bridgehead atoms. The minimum Gasteiger partial charge on any atom is -0.379 e. The van der Waals surface area contributed by atoms with E-state index in [-0.39, 0.29) is 0 Å². The number of hydrogen-bond acceptors (Lipinski definition) is 10. The SMILES string of the molecule is CCn1nnnc1Sc1nc(CN2CCOCC2)nc2scc(-c3cccs3)c12. The third kappa shape index (κ3) is 3.92. The predicted octanol–water partition coefficient (Wildman–Crippen LogP) is 3.41. The summed E-state index contributed by atoms with van der Waals surface area (Å²) in [4.78, 5) is 14.4. The largest absolute Gasteiger partial charge is 0.379 e. The van der Waals surface area contributed by atoms with E-state index in [9.17, 15) is 0 Å². The molecule has 1 fully saturated rings. The molecule has 0 spiro atoms. The highest BCUT2D eigenvalue weighted by Crippen LogP contribution is 2.41. The van der Waals surface area contributed by atoms with Gasteiger partial charge in [-0.05, 0) is 40.6 Å². The van der Waals surface area contributed by atoms with Gasteiger partial charge < -0.3 is 4.74 Å². The van der Waals surface area contributed by atoms with Crippen LogP contribution in [0.4, 0.5) is 0 Å². The minimum atomic E-state index is 0.714. The zero-order valence-corrected chi connectivity index (χ0v) is 18.3. The molecule has 5 rings (SSSR count). The normalized spacial score (nSPS) is 15.3. The zero-order chi connectivity index (χ0) is 19.6. The Kier molecular flexibility index (Phi) is 5.55. The van der Waals surface area contributed by atoms with E-state index in [1.165, 1.54) is 22.2 Å². The number of aromatic nitrogens is 6. The van der Waals surface area contributed by atoms with E-state index in [1.807, 2.05) is 6.92 Å². The van der Waals surface area contributed by atoms with Crippen molar-refractivity contribution in [2.24, 2.45) is 0 Å². The molecule has 150 valence electrons. The van der Waals surface area contributed by atoms with Gasteiger partial charge in [0.15, 0.2) is 0 Å². The summed E-state index contributed by atoms with van der Waals surface area (Å²) in [6.45, 7) is 6.80. The summed E-state index contributed by atoms with van der Waals surface area (Å²) in [5, 5.41) is 19.1. The van der Waals surface area contributed by atoms with Gasteiger partial charge in [0, 0.05) is 35.5 Å². The highest BCUT2D eigenvalue weighted by Gasteiger charge is 2.20. The molecule has 1 saturated heterocycles. The molecule has 4 aromatic heterocycles. The fourth-order valence-corrected chi connectivity index (χ4v) is 6.05. The van der Waals surface area contributed by atoms with Gasteiger partial charge in [-0.25, -0.2) is 14.6 Å². The second kappa shape index (κ2) is 8.44. The van der Waals surface area contributed by atoms with Gasteiger partial charge in [0.25, 0.3) is 0 Å². The molecule has 0 N–H and O–H groups in total. The molecule has 0 unspecified atom stereocenters. The molecule has 8 nitrogen and oxygen atoms in total. The Hall–Kier alpha value is -1.92. The number of aryl methyl sites for hydroxylation is 1. The summed E-state index contributed by atoms with van der Waals surface area (Å²) in [5.74, 6) is 0.831. The van der Waals surface area contributed by atoms with Crippen LogP contribution in [0.5, 0.6) is 0 Å². The second-order valence-corrected chi connectivity index (χ2v) is 9.28. The van der Waals surface area contributed by atoms with Crippen molar-refractivity contribution in [3.8, 4) is 10.4 Å². The lowest BCUT2D eigenvalue weighted by Gasteiger charge is -2.25. The van der Waals surface area contributed by atoms with Gasteiger partial charge in [-0.3, -0.25) is 4.90 Å². The molecule has 0 radical (unpaired) electrons. The third-order valence-corrected chi connectivity index (χ3v) is 7.43. The first-order chi connectivity index (χ1) is 14.3. The second-order valence-electron chi connectivity index (χ2n) is 6.52. The maximum atomic E-state index is 5.46. The number of morpholine rings is 1. The Labute approximate surface area is 179 Å². The van der Waals surface area contributed by atoms with Crippen LogP contribution in [0.25, 0.3) is 20.7 Å². The van der Waals surface area contributed by atoms with Gasteiger partial charge in [0.1, 0.15) is 15.7 Å². The molecule has 0 atom stereocenters. The molecule has 11 heteroatoms. The van der Waals surface area contributed by atoms with Crippen molar-refractivity contribution in [1.82, 2.24) is 35.1 Å². The van der Waals surface area contributed by atoms with E-state index in [4.69, 9.17) is 14.7 Å². The van der Waals surface area contributed by atoms with E-state index in [1.54, 1.807) is 27.4 Å². The molecule has 5 heterocycles. The Morgan fingerprint density at radius 1 is 1.21 bits per heavy atom. The standard InChI is InChI=1S/C18H19N7OS3/c1-2-25-18(21-22-23-25)29-17-15-12(13-4-3-9-27-13)11-28-16(15)19-14(20-17)10-24-5-7-26-8-6-24/h3-4,9,11H,2,5-8,10H2,1H3.